The summed E-state index contributed by atoms with van der Waals surface area (Å²) in [7, 11) is 0. The third-order valence-corrected chi connectivity index (χ3v) is 5.12. The van der Waals surface area contributed by atoms with E-state index in [2.05, 4.69) is 24.1 Å². The maximum absolute atomic E-state index is 9.29. The van der Waals surface area contributed by atoms with Gasteiger partial charge in [-0.2, -0.15) is 0 Å². The molecular weight excluding hydrogens is 326 g/mol. The summed E-state index contributed by atoms with van der Waals surface area (Å²) in [6.45, 7) is 2.20. The number of nitrogens with zero attached hydrogens (tertiary/aromatic N) is 1. The normalized spacial score (nSPS) is 16.2. The van der Waals surface area contributed by atoms with Crippen LogP contribution < -0.4 is 0 Å². The molecule has 26 heavy (non-hydrogen) atoms. The average Bonchev–Trinajstić information content (AvgIpc) is 3.09. The molecule has 0 fully saturated rings. The number of rotatable bonds is 17. The first kappa shape index (κ1) is 23.2. The van der Waals surface area contributed by atoms with E-state index in [9.17, 15) is 10.2 Å². The van der Waals surface area contributed by atoms with Crippen LogP contribution in [-0.2, 0) is 4.74 Å². The lowest BCUT2D eigenvalue weighted by molar-refractivity contribution is 0.0972. The molecule has 0 amide bonds. The molecule has 1 heterocycles. The quantitative estimate of drug-likeness (QED) is 0.275. The summed E-state index contributed by atoms with van der Waals surface area (Å²) in [5, 5.41) is 18.6. The number of aliphatic imine (C=N–C) groups is 1. The number of aliphatic hydroxyl groups is 2. The van der Waals surface area contributed by atoms with Crippen LogP contribution in [0.2, 0.25) is 0 Å². The Morgan fingerprint density at radius 3 is 1.88 bits per heavy atom. The first-order valence-electron chi connectivity index (χ1n) is 10.8. The molecule has 0 aromatic carbocycles. The summed E-state index contributed by atoms with van der Waals surface area (Å²) < 4.78 is 5.50. The second kappa shape index (κ2) is 15.2. The summed E-state index contributed by atoms with van der Waals surface area (Å²) >= 11 is 0. The molecule has 1 aliphatic rings. The molecule has 1 aliphatic heterocycles. The highest BCUT2D eigenvalue weighted by molar-refractivity contribution is 5.78. The van der Waals surface area contributed by atoms with Gasteiger partial charge < -0.3 is 14.9 Å². The fourth-order valence-corrected chi connectivity index (χ4v) is 3.30. The maximum atomic E-state index is 9.29. The minimum Gasteiger partial charge on any atom is -0.478 e. The van der Waals surface area contributed by atoms with Crippen molar-refractivity contribution in [3.05, 3.63) is 12.2 Å². The van der Waals surface area contributed by atoms with Gasteiger partial charge in [-0.25, -0.2) is 4.99 Å². The van der Waals surface area contributed by atoms with E-state index in [-0.39, 0.29) is 13.2 Å². The van der Waals surface area contributed by atoms with Crippen molar-refractivity contribution in [2.24, 2.45) is 4.99 Å². The number of ether oxygens (including phenoxy) is 1. The smallest absolute Gasteiger partial charge is 0.184 e. The number of aliphatic hydroxyl groups excluding tert-OH is 2. The zero-order chi connectivity index (χ0) is 18.9. The molecule has 4 nitrogen and oxygen atoms in total. The van der Waals surface area contributed by atoms with Gasteiger partial charge in [0.1, 0.15) is 12.1 Å². The maximum Gasteiger partial charge on any atom is 0.184 e. The number of hydrogen-bond acceptors (Lipinski definition) is 4. The Morgan fingerprint density at radius 1 is 0.846 bits per heavy atom. The molecule has 0 saturated carbocycles. The standard InChI is InChI=1S/C22H41NO3/c1-2-3-4-5-6-7-8-9-10-11-12-13-14-15-16-17-21-23-22(18-24,19-25)20-26-21/h3-4,24-25H,2,5-20H2,1H3/b4-3+. The molecule has 1 rings (SSSR count). The van der Waals surface area contributed by atoms with Crippen LogP contribution in [0.15, 0.2) is 17.1 Å². The highest BCUT2D eigenvalue weighted by atomic mass is 16.5. The van der Waals surface area contributed by atoms with Gasteiger partial charge in [-0.1, -0.05) is 76.9 Å². The highest BCUT2D eigenvalue weighted by Crippen LogP contribution is 2.20. The summed E-state index contributed by atoms with van der Waals surface area (Å²) in [6.07, 6.45) is 22.4. The van der Waals surface area contributed by atoms with Gasteiger partial charge in [-0.05, 0) is 25.7 Å². The van der Waals surface area contributed by atoms with E-state index in [4.69, 9.17) is 4.74 Å². The molecule has 0 radical (unpaired) electrons. The minimum atomic E-state index is -0.790. The van der Waals surface area contributed by atoms with Crippen LogP contribution in [-0.4, -0.2) is 41.5 Å². The number of hydrogen-bond donors (Lipinski definition) is 2. The van der Waals surface area contributed by atoms with Crippen molar-refractivity contribution >= 4 is 5.90 Å². The Hall–Kier alpha value is -0.870. The van der Waals surface area contributed by atoms with Crippen molar-refractivity contribution in [3.8, 4) is 0 Å². The Balaban J connectivity index is 1.84. The van der Waals surface area contributed by atoms with E-state index < -0.39 is 5.54 Å². The molecule has 2 N–H and O–H groups in total. The lowest BCUT2D eigenvalue weighted by Crippen LogP contribution is -2.37. The average molecular weight is 368 g/mol. The number of allylic oxidation sites excluding steroid dienone is 2. The fraction of sp³-hybridized carbons (Fsp3) is 0.864. The topological polar surface area (TPSA) is 62.1 Å². The van der Waals surface area contributed by atoms with Gasteiger partial charge in [0.25, 0.3) is 0 Å². The largest absolute Gasteiger partial charge is 0.478 e. The lowest BCUT2D eigenvalue weighted by atomic mass is 10.0. The van der Waals surface area contributed by atoms with Gasteiger partial charge in [0.05, 0.1) is 13.2 Å². The predicted octanol–water partition coefficient (Wildman–Crippen LogP) is 5.18. The van der Waals surface area contributed by atoms with Crippen LogP contribution in [0, 0.1) is 0 Å². The fourth-order valence-electron chi connectivity index (χ4n) is 3.30. The molecule has 0 bridgehead atoms. The highest BCUT2D eigenvalue weighted by Gasteiger charge is 2.35. The van der Waals surface area contributed by atoms with Gasteiger partial charge in [0.2, 0.25) is 0 Å². The molecule has 0 aromatic heterocycles. The number of unbranched alkanes of at least 4 members (excludes halogenated alkanes) is 11. The molecule has 4 heteroatoms. The van der Waals surface area contributed by atoms with E-state index in [0.29, 0.717) is 12.5 Å². The molecule has 0 unspecified atom stereocenters. The van der Waals surface area contributed by atoms with Crippen molar-refractivity contribution in [1.82, 2.24) is 0 Å². The molecular formula is C22H41NO3. The summed E-state index contributed by atoms with van der Waals surface area (Å²) in [5.41, 5.74) is -0.790. The summed E-state index contributed by atoms with van der Waals surface area (Å²) in [6, 6.07) is 0. The van der Waals surface area contributed by atoms with E-state index in [1.165, 1.54) is 70.6 Å². The molecule has 0 aliphatic carbocycles. The van der Waals surface area contributed by atoms with Crippen molar-refractivity contribution < 1.29 is 14.9 Å². The van der Waals surface area contributed by atoms with Crippen LogP contribution in [0.25, 0.3) is 0 Å². The van der Waals surface area contributed by atoms with Crippen LogP contribution in [0.5, 0.6) is 0 Å². The molecule has 0 atom stereocenters. The van der Waals surface area contributed by atoms with Gasteiger partial charge in [0, 0.05) is 6.42 Å². The van der Waals surface area contributed by atoms with Crippen LogP contribution in [0.3, 0.4) is 0 Å². The zero-order valence-corrected chi connectivity index (χ0v) is 16.9. The zero-order valence-electron chi connectivity index (χ0n) is 16.9. The van der Waals surface area contributed by atoms with E-state index >= 15 is 0 Å². The summed E-state index contributed by atoms with van der Waals surface area (Å²) in [4.78, 5) is 4.35. The Labute approximate surface area is 160 Å². The van der Waals surface area contributed by atoms with Gasteiger partial charge in [-0.15, -0.1) is 0 Å². The third-order valence-electron chi connectivity index (χ3n) is 5.12. The van der Waals surface area contributed by atoms with Crippen LogP contribution in [0.1, 0.15) is 96.8 Å². The first-order valence-corrected chi connectivity index (χ1v) is 10.8. The van der Waals surface area contributed by atoms with Gasteiger partial charge >= 0.3 is 0 Å². The first-order chi connectivity index (χ1) is 12.8. The Kier molecular flexibility index (Phi) is 13.6. The Bertz CT molecular complexity index is 389. The monoisotopic (exact) mass is 367 g/mol. The van der Waals surface area contributed by atoms with Crippen molar-refractivity contribution in [2.45, 2.75) is 102 Å². The molecule has 152 valence electrons. The molecule has 0 aromatic rings. The van der Waals surface area contributed by atoms with Crippen molar-refractivity contribution in [2.75, 3.05) is 19.8 Å². The second-order valence-electron chi connectivity index (χ2n) is 7.64. The molecule has 0 spiro atoms. The molecule has 0 saturated heterocycles. The van der Waals surface area contributed by atoms with E-state index in [1.54, 1.807) is 0 Å². The Morgan fingerprint density at radius 2 is 1.38 bits per heavy atom. The lowest BCUT2D eigenvalue weighted by Gasteiger charge is -2.16. The third kappa shape index (κ3) is 10.3. The SMILES string of the molecule is CC/C=C/CCCCCCCCCCCCCC1=NC(CO)(CO)CO1. The summed E-state index contributed by atoms with van der Waals surface area (Å²) in [5.74, 6) is 0.707. The van der Waals surface area contributed by atoms with Crippen LogP contribution in [0.4, 0.5) is 0 Å². The second-order valence-corrected chi connectivity index (χ2v) is 7.64. The minimum absolute atomic E-state index is 0.150. The van der Waals surface area contributed by atoms with Crippen molar-refractivity contribution in [1.29, 1.82) is 0 Å². The van der Waals surface area contributed by atoms with Gasteiger partial charge in [-0.3, -0.25) is 0 Å². The van der Waals surface area contributed by atoms with Crippen LogP contribution >= 0.6 is 0 Å². The predicted molar refractivity (Wildman–Crippen MR) is 110 cm³/mol. The van der Waals surface area contributed by atoms with E-state index in [0.717, 1.165) is 19.3 Å². The van der Waals surface area contributed by atoms with Gasteiger partial charge in [0.15, 0.2) is 5.90 Å². The van der Waals surface area contributed by atoms with Crippen molar-refractivity contribution in [3.63, 3.8) is 0 Å². The van der Waals surface area contributed by atoms with E-state index in [1.807, 2.05) is 0 Å².